The maximum atomic E-state index is 10.3. The molecule has 1 spiro atoms. The molecule has 4 rings (SSSR count). The van der Waals surface area contributed by atoms with E-state index in [2.05, 4.69) is 21.9 Å². The van der Waals surface area contributed by atoms with Crippen molar-refractivity contribution in [3.63, 3.8) is 0 Å². The summed E-state index contributed by atoms with van der Waals surface area (Å²) in [7, 11) is 1.68. The van der Waals surface area contributed by atoms with E-state index in [0.29, 0.717) is 17.8 Å². The molecule has 1 saturated carbocycles. The second kappa shape index (κ2) is 8.99. The van der Waals surface area contributed by atoms with Crippen LogP contribution in [-0.4, -0.2) is 79.7 Å². The van der Waals surface area contributed by atoms with Gasteiger partial charge in [0.1, 0.15) is 12.7 Å². The van der Waals surface area contributed by atoms with Crippen molar-refractivity contribution in [1.29, 1.82) is 0 Å². The maximum Gasteiger partial charge on any atom is 0.161 e. The molecule has 0 aromatic heterocycles. The summed E-state index contributed by atoms with van der Waals surface area (Å²) in [6.07, 6.45) is 6.22. The molecule has 2 heterocycles. The Bertz CT molecular complexity index is 643. The van der Waals surface area contributed by atoms with E-state index in [0.717, 1.165) is 38.6 Å². The van der Waals surface area contributed by atoms with Crippen LogP contribution in [0, 0.1) is 0 Å². The lowest BCUT2D eigenvalue weighted by Gasteiger charge is -2.36. The number of β-amino-alcohol motifs (C(OH)–C–C–N with tert-alkyl or cyclic N) is 1. The molecule has 1 atom stereocenters. The molecule has 2 saturated heterocycles. The van der Waals surface area contributed by atoms with Crippen molar-refractivity contribution in [2.24, 2.45) is 0 Å². The zero-order valence-electron chi connectivity index (χ0n) is 17.1. The van der Waals surface area contributed by atoms with Crippen molar-refractivity contribution in [2.75, 3.05) is 53.1 Å². The van der Waals surface area contributed by atoms with Crippen LogP contribution in [0.5, 0.6) is 11.5 Å². The standard InChI is InChI=1S/C22H34N2O4/c1-26-21-14-18(15-24-9-3-2-6-22(24)7-8-22)4-5-20(21)28-17-19(25)16-23-10-12-27-13-11-23/h4-5,14,19,25H,2-3,6-13,15-17H2,1H3. The Morgan fingerprint density at radius 3 is 2.68 bits per heavy atom. The molecule has 1 aliphatic carbocycles. The van der Waals surface area contributed by atoms with Crippen LogP contribution in [0.3, 0.4) is 0 Å². The van der Waals surface area contributed by atoms with Crippen LogP contribution in [-0.2, 0) is 11.3 Å². The number of aliphatic hydroxyl groups is 1. The van der Waals surface area contributed by atoms with Crippen molar-refractivity contribution in [1.82, 2.24) is 9.80 Å². The molecule has 2 aliphatic heterocycles. The van der Waals surface area contributed by atoms with E-state index in [1.807, 2.05) is 6.07 Å². The van der Waals surface area contributed by atoms with Gasteiger partial charge in [0.05, 0.1) is 20.3 Å². The van der Waals surface area contributed by atoms with Gasteiger partial charge in [-0.1, -0.05) is 12.5 Å². The van der Waals surface area contributed by atoms with Gasteiger partial charge in [-0.15, -0.1) is 0 Å². The second-order valence-electron chi connectivity index (χ2n) is 8.47. The van der Waals surface area contributed by atoms with Gasteiger partial charge in [0.15, 0.2) is 11.5 Å². The quantitative estimate of drug-likeness (QED) is 0.735. The van der Waals surface area contributed by atoms with Crippen LogP contribution in [0.25, 0.3) is 0 Å². The number of hydrogen-bond donors (Lipinski definition) is 1. The van der Waals surface area contributed by atoms with Crippen molar-refractivity contribution in [2.45, 2.75) is 50.3 Å². The van der Waals surface area contributed by atoms with Crippen LogP contribution in [0.4, 0.5) is 0 Å². The van der Waals surface area contributed by atoms with Gasteiger partial charge >= 0.3 is 0 Å². The molecule has 1 N–H and O–H groups in total. The number of hydrogen-bond acceptors (Lipinski definition) is 6. The predicted octanol–water partition coefficient (Wildman–Crippen LogP) is 2.29. The highest BCUT2D eigenvalue weighted by molar-refractivity contribution is 5.43. The first-order chi connectivity index (χ1) is 13.7. The minimum Gasteiger partial charge on any atom is -0.493 e. The number of methoxy groups -OCH3 is 1. The zero-order valence-corrected chi connectivity index (χ0v) is 17.1. The molecular weight excluding hydrogens is 356 g/mol. The van der Waals surface area contributed by atoms with Crippen LogP contribution in [0.15, 0.2) is 18.2 Å². The highest BCUT2D eigenvalue weighted by atomic mass is 16.5. The van der Waals surface area contributed by atoms with Crippen molar-refractivity contribution in [3.8, 4) is 11.5 Å². The van der Waals surface area contributed by atoms with Crippen molar-refractivity contribution >= 4 is 0 Å². The number of rotatable bonds is 8. The lowest BCUT2D eigenvalue weighted by atomic mass is 9.99. The molecule has 6 heteroatoms. The summed E-state index contributed by atoms with van der Waals surface area (Å²) in [6, 6.07) is 6.21. The van der Waals surface area contributed by atoms with Gasteiger partial charge in [-0.2, -0.15) is 0 Å². The van der Waals surface area contributed by atoms with Gasteiger partial charge in [-0.3, -0.25) is 9.80 Å². The summed E-state index contributed by atoms with van der Waals surface area (Å²) >= 11 is 0. The van der Waals surface area contributed by atoms with Crippen LogP contribution < -0.4 is 9.47 Å². The molecule has 1 unspecified atom stereocenters. The van der Waals surface area contributed by atoms with Gasteiger partial charge in [0.2, 0.25) is 0 Å². The Kier molecular flexibility index (Phi) is 6.41. The highest BCUT2D eigenvalue weighted by Gasteiger charge is 2.48. The Morgan fingerprint density at radius 1 is 1.11 bits per heavy atom. The number of nitrogens with zero attached hydrogens (tertiary/aromatic N) is 2. The van der Waals surface area contributed by atoms with E-state index in [4.69, 9.17) is 14.2 Å². The van der Waals surface area contributed by atoms with E-state index in [1.54, 1.807) is 7.11 Å². The minimum absolute atomic E-state index is 0.266. The monoisotopic (exact) mass is 390 g/mol. The maximum absolute atomic E-state index is 10.3. The third kappa shape index (κ3) is 4.79. The molecule has 1 aromatic rings. The highest BCUT2D eigenvalue weighted by Crippen LogP contribution is 2.49. The third-order valence-electron chi connectivity index (χ3n) is 6.42. The largest absolute Gasteiger partial charge is 0.493 e. The topological polar surface area (TPSA) is 54.4 Å². The molecule has 0 amide bonds. The Labute approximate surface area is 168 Å². The van der Waals surface area contributed by atoms with E-state index in [9.17, 15) is 5.11 Å². The van der Waals surface area contributed by atoms with Gasteiger partial charge in [0, 0.05) is 31.7 Å². The zero-order chi connectivity index (χ0) is 19.4. The Hall–Kier alpha value is -1.34. The van der Waals surface area contributed by atoms with Crippen LogP contribution in [0.1, 0.15) is 37.7 Å². The first-order valence-electron chi connectivity index (χ1n) is 10.7. The molecule has 28 heavy (non-hydrogen) atoms. The van der Waals surface area contributed by atoms with Gasteiger partial charge in [-0.05, 0) is 49.9 Å². The molecule has 156 valence electrons. The summed E-state index contributed by atoms with van der Waals surface area (Å²) < 4.78 is 16.8. The van der Waals surface area contributed by atoms with Crippen LogP contribution in [0.2, 0.25) is 0 Å². The van der Waals surface area contributed by atoms with Gasteiger partial charge in [-0.25, -0.2) is 0 Å². The van der Waals surface area contributed by atoms with Gasteiger partial charge < -0.3 is 19.3 Å². The number of piperidine rings is 1. The average Bonchev–Trinajstić information content (AvgIpc) is 3.49. The van der Waals surface area contributed by atoms with Gasteiger partial charge in [0.25, 0.3) is 0 Å². The molecular formula is C22H34N2O4. The van der Waals surface area contributed by atoms with E-state index in [1.165, 1.54) is 44.2 Å². The second-order valence-corrected chi connectivity index (χ2v) is 8.47. The van der Waals surface area contributed by atoms with E-state index < -0.39 is 6.10 Å². The third-order valence-corrected chi connectivity index (χ3v) is 6.42. The first kappa shape index (κ1) is 20.0. The van der Waals surface area contributed by atoms with Crippen molar-refractivity contribution in [3.05, 3.63) is 23.8 Å². The predicted molar refractivity (Wildman–Crippen MR) is 108 cm³/mol. The van der Waals surface area contributed by atoms with E-state index >= 15 is 0 Å². The summed E-state index contributed by atoms with van der Waals surface area (Å²) in [5, 5.41) is 10.3. The molecule has 3 fully saturated rings. The molecule has 0 bridgehead atoms. The number of likely N-dealkylation sites (tertiary alicyclic amines) is 1. The lowest BCUT2D eigenvalue weighted by molar-refractivity contribution is 0.00445. The fraction of sp³-hybridized carbons (Fsp3) is 0.727. The number of benzene rings is 1. The molecule has 6 nitrogen and oxygen atoms in total. The Balaban J connectivity index is 1.31. The SMILES string of the molecule is COc1cc(CN2CCCCC23CC3)ccc1OCC(O)CN1CCOCC1. The molecule has 1 aromatic carbocycles. The first-order valence-corrected chi connectivity index (χ1v) is 10.7. The Morgan fingerprint density at radius 2 is 1.93 bits per heavy atom. The molecule has 0 radical (unpaired) electrons. The fourth-order valence-electron chi connectivity index (χ4n) is 4.58. The number of aliphatic hydroxyl groups excluding tert-OH is 1. The smallest absolute Gasteiger partial charge is 0.161 e. The van der Waals surface area contributed by atoms with Crippen LogP contribution >= 0.6 is 0 Å². The van der Waals surface area contributed by atoms with Crippen molar-refractivity contribution < 1.29 is 19.3 Å². The summed E-state index contributed by atoms with van der Waals surface area (Å²) in [6.45, 7) is 6.27. The average molecular weight is 391 g/mol. The normalized spacial score (nSPS) is 23.5. The number of morpholine rings is 1. The van der Waals surface area contributed by atoms with E-state index in [-0.39, 0.29) is 6.61 Å². The lowest BCUT2D eigenvalue weighted by Crippen LogP contribution is -2.42. The summed E-state index contributed by atoms with van der Waals surface area (Å²) in [4.78, 5) is 4.88. The summed E-state index contributed by atoms with van der Waals surface area (Å²) in [5.74, 6) is 1.45. The number of ether oxygens (including phenoxy) is 3. The molecule has 3 aliphatic rings. The summed E-state index contributed by atoms with van der Waals surface area (Å²) in [5.41, 5.74) is 1.76. The fourth-order valence-corrected chi connectivity index (χ4v) is 4.58. The minimum atomic E-state index is -0.523.